The van der Waals surface area contributed by atoms with Crippen molar-refractivity contribution in [3.8, 4) is 0 Å². The third-order valence-corrected chi connectivity index (χ3v) is 2.04. The minimum atomic E-state index is 0.266. The number of benzene rings is 1. The molecule has 1 aromatic carbocycles. The van der Waals surface area contributed by atoms with Gasteiger partial charge in [0.15, 0.2) is 0 Å². The molecule has 0 unspecified atom stereocenters. The average molecular weight is 220 g/mol. The van der Waals surface area contributed by atoms with Gasteiger partial charge >= 0.3 is 0 Å². The second-order valence-electron chi connectivity index (χ2n) is 3.11. The third-order valence-electron chi connectivity index (χ3n) is 2.04. The number of ether oxygens (including phenoxy) is 1. The molecule has 0 aliphatic heterocycles. The summed E-state index contributed by atoms with van der Waals surface area (Å²) < 4.78 is 5.09. The second-order valence-corrected chi connectivity index (χ2v) is 3.11. The Labute approximate surface area is 92.5 Å². The first-order chi connectivity index (χ1) is 7.81. The first-order valence-electron chi connectivity index (χ1n) is 4.99. The van der Waals surface area contributed by atoms with Gasteiger partial charge in [0.1, 0.15) is 12.2 Å². The van der Waals surface area contributed by atoms with Crippen LogP contribution in [0, 0.1) is 5.21 Å². The van der Waals surface area contributed by atoms with E-state index in [1.54, 1.807) is 18.2 Å². The zero-order chi connectivity index (χ0) is 11.4. The van der Waals surface area contributed by atoms with E-state index < -0.39 is 0 Å². The molecule has 0 aliphatic rings. The monoisotopic (exact) mass is 220 g/mol. The van der Waals surface area contributed by atoms with E-state index in [0.29, 0.717) is 22.5 Å². The van der Waals surface area contributed by atoms with Crippen LogP contribution in [0.3, 0.4) is 0 Å². The molecule has 0 radical (unpaired) electrons. The highest BCUT2D eigenvalue weighted by Crippen LogP contribution is 2.07. The summed E-state index contributed by atoms with van der Waals surface area (Å²) >= 11 is 0. The Kier molecular flexibility index (Phi) is 3.11. The zero-order valence-electron chi connectivity index (χ0n) is 8.88. The topological polar surface area (TPSA) is 74.0 Å². The minimum absolute atomic E-state index is 0.266. The molecular weight excluding hydrogens is 208 g/mol. The van der Waals surface area contributed by atoms with Gasteiger partial charge in [0, 0.05) is 12.7 Å². The number of hydrogen-bond donors (Lipinski definition) is 1. The SMILES string of the molecule is CCOCNc1nc2ccccc2[n+]([O-])n1. The van der Waals surface area contributed by atoms with Crippen molar-refractivity contribution in [2.45, 2.75) is 6.92 Å². The van der Waals surface area contributed by atoms with Crippen LogP contribution in [-0.2, 0) is 4.74 Å². The highest BCUT2D eigenvalue weighted by molar-refractivity contribution is 5.71. The molecule has 0 atom stereocenters. The molecule has 0 spiro atoms. The molecule has 6 nitrogen and oxygen atoms in total. The summed E-state index contributed by atoms with van der Waals surface area (Å²) in [5, 5.41) is 18.1. The molecule has 0 saturated heterocycles. The number of anilines is 1. The molecule has 6 heteroatoms. The lowest BCUT2D eigenvalue weighted by Gasteiger charge is -2.04. The molecule has 1 aromatic heterocycles. The highest BCUT2D eigenvalue weighted by Gasteiger charge is 2.08. The largest absolute Gasteiger partial charge is 0.594 e. The van der Waals surface area contributed by atoms with E-state index in [4.69, 9.17) is 4.74 Å². The van der Waals surface area contributed by atoms with Crippen LogP contribution in [0.15, 0.2) is 24.3 Å². The van der Waals surface area contributed by atoms with Crippen LogP contribution in [0.1, 0.15) is 6.92 Å². The van der Waals surface area contributed by atoms with Gasteiger partial charge in [0.2, 0.25) is 0 Å². The molecule has 0 fully saturated rings. The van der Waals surface area contributed by atoms with Crippen molar-refractivity contribution >= 4 is 17.0 Å². The van der Waals surface area contributed by atoms with Gasteiger partial charge in [-0.05, 0) is 17.8 Å². The van der Waals surface area contributed by atoms with Crippen LogP contribution in [0.2, 0.25) is 0 Å². The number of nitrogens with one attached hydrogen (secondary N) is 1. The van der Waals surface area contributed by atoms with Crippen molar-refractivity contribution in [2.24, 2.45) is 0 Å². The molecule has 2 aromatic rings. The summed E-state index contributed by atoms with van der Waals surface area (Å²) in [5.41, 5.74) is 1.05. The number of para-hydroxylation sites is 2. The van der Waals surface area contributed by atoms with Gasteiger partial charge < -0.3 is 15.3 Å². The van der Waals surface area contributed by atoms with Gasteiger partial charge in [0.05, 0.1) is 5.10 Å². The first kappa shape index (κ1) is 10.6. The summed E-state index contributed by atoms with van der Waals surface area (Å²) in [6.45, 7) is 2.77. The fourth-order valence-corrected chi connectivity index (χ4v) is 1.29. The van der Waals surface area contributed by atoms with Crippen LogP contribution in [0.4, 0.5) is 5.95 Å². The molecule has 84 valence electrons. The predicted octanol–water partition coefficient (Wildman–Crippen LogP) is 0.669. The molecule has 2 rings (SSSR count). The van der Waals surface area contributed by atoms with Gasteiger partial charge in [-0.1, -0.05) is 12.1 Å². The van der Waals surface area contributed by atoms with Crippen molar-refractivity contribution in [3.05, 3.63) is 29.5 Å². The first-order valence-corrected chi connectivity index (χ1v) is 4.99. The van der Waals surface area contributed by atoms with Crippen LogP contribution in [0.5, 0.6) is 0 Å². The van der Waals surface area contributed by atoms with Crippen molar-refractivity contribution in [2.75, 3.05) is 18.7 Å². The van der Waals surface area contributed by atoms with Gasteiger partial charge in [-0.25, -0.2) is 4.98 Å². The van der Waals surface area contributed by atoms with Gasteiger partial charge in [-0.3, -0.25) is 0 Å². The van der Waals surface area contributed by atoms with Crippen LogP contribution in [0.25, 0.3) is 11.0 Å². The Balaban J connectivity index is 2.27. The molecule has 1 heterocycles. The number of rotatable bonds is 4. The van der Waals surface area contributed by atoms with Gasteiger partial charge in [-0.2, -0.15) is 0 Å². The quantitative estimate of drug-likeness (QED) is 0.355. The lowest BCUT2D eigenvalue weighted by Crippen LogP contribution is -2.33. The van der Waals surface area contributed by atoms with Crippen LogP contribution in [-0.4, -0.2) is 23.4 Å². The molecule has 16 heavy (non-hydrogen) atoms. The maximum Gasteiger partial charge on any atom is 0.292 e. The van der Waals surface area contributed by atoms with Crippen molar-refractivity contribution in [1.82, 2.24) is 10.1 Å². The minimum Gasteiger partial charge on any atom is -0.594 e. The van der Waals surface area contributed by atoms with Gasteiger partial charge in [0.25, 0.3) is 11.5 Å². The van der Waals surface area contributed by atoms with E-state index >= 15 is 0 Å². The predicted molar refractivity (Wildman–Crippen MR) is 58.6 cm³/mol. The fourth-order valence-electron chi connectivity index (χ4n) is 1.29. The maximum atomic E-state index is 11.5. The summed E-state index contributed by atoms with van der Waals surface area (Å²) in [6, 6.07) is 7.03. The third kappa shape index (κ3) is 2.17. The normalized spacial score (nSPS) is 10.6. The van der Waals surface area contributed by atoms with Crippen LogP contribution < -0.4 is 10.2 Å². The summed E-state index contributed by atoms with van der Waals surface area (Å²) in [7, 11) is 0. The van der Waals surface area contributed by atoms with Crippen LogP contribution >= 0.6 is 0 Å². The highest BCUT2D eigenvalue weighted by atomic mass is 16.5. The Morgan fingerprint density at radius 3 is 3.06 bits per heavy atom. The standard InChI is InChI=1S/C10H12N4O2/c1-2-16-7-11-10-12-8-5-3-4-6-9(8)14(15)13-10/h3-6H,2,7H2,1H3,(H,11,12,13). The van der Waals surface area contributed by atoms with Crippen molar-refractivity contribution < 1.29 is 9.58 Å². The van der Waals surface area contributed by atoms with E-state index in [1.807, 2.05) is 13.0 Å². The zero-order valence-corrected chi connectivity index (χ0v) is 8.88. The average Bonchev–Trinajstić information content (AvgIpc) is 2.30. The van der Waals surface area contributed by atoms with E-state index in [9.17, 15) is 5.21 Å². The lowest BCUT2D eigenvalue weighted by molar-refractivity contribution is -0.641. The molecule has 0 bridgehead atoms. The summed E-state index contributed by atoms with van der Waals surface area (Å²) in [6.07, 6.45) is 0. The molecular formula is C10H12N4O2. The number of fused-ring (bicyclic) bond motifs is 1. The fraction of sp³-hybridized carbons (Fsp3) is 0.300. The molecule has 1 N–H and O–H groups in total. The Morgan fingerprint density at radius 1 is 1.44 bits per heavy atom. The van der Waals surface area contributed by atoms with E-state index in [-0.39, 0.29) is 12.7 Å². The number of aromatic nitrogens is 3. The van der Waals surface area contributed by atoms with Crippen molar-refractivity contribution in [1.29, 1.82) is 0 Å². The summed E-state index contributed by atoms with van der Waals surface area (Å²) in [4.78, 5) is 4.74. The Hall–Kier alpha value is -1.95. The maximum absolute atomic E-state index is 11.5. The molecule has 0 saturated carbocycles. The molecule has 0 amide bonds. The Bertz CT molecular complexity index is 489. The second kappa shape index (κ2) is 4.71. The van der Waals surface area contributed by atoms with Gasteiger partial charge in [-0.15, -0.1) is 0 Å². The smallest absolute Gasteiger partial charge is 0.292 e. The lowest BCUT2D eigenvalue weighted by atomic mass is 10.3. The van der Waals surface area contributed by atoms with E-state index in [0.717, 1.165) is 0 Å². The van der Waals surface area contributed by atoms with E-state index in [1.165, 1.54) is 0 Å². The number of hydrogen-bond acceptors (Lipinski definition) is 5. The van der Waals surface area contributed by atoms with E-state index in [2.05, 4.69) is 15.4 Å². The molecule has 0 aliphatic carbocycles. The number of nitrogens with zero attached hydrogens (tertiary/aromatic N) is 3. The Morgan fingerprint density at radius 2 is 2.25 bits per heavy atom. The summed E-state index contributed by atoms with van der Waals surface area (Å²) in [5.74, 6) is 0.266. The van der Waals surface area contributed by atoms with Crippen molar-refractivity contribution in [3.63, 3.8) is 0 Å².